The van der Waals surface area contributed by atoms with E-state index in [2.05, 4.69) is 40.1 Å². The number of amidine groups is 1. The molecule has 0 N–H and O–H groups in total. The quantitative estimate of drug-likeness (QED) is 0.775. The second-order valence-corrected chi connectivity index (χ2v) is 8.21. The fraction of sp³-hybridized carbons (Fsp3) is 0.667. The summed E-state index contributed by atoms with van der Waals surface area (Å²) in [7, 11) is 0. The van der Waals surface area contributed by atoms with Gasteiger partial charge in [0.1, 0.15) is 5.84 Å². The molecule has 4 aliphatic heterocycles. The normalized spacial score (nSPS) is 37.8. The van der Waals surface area contributed by atoms with Crippen molar-refractivity contribution in [3.05, 3.63) is 30.3 Å². The van der Waals surface area contributed by atoms with Crippen LogP contribution in [0.2, 0.25) is 0 Å². The second kappa shape index (κ2) is 6.18. The van der Waals surface area contributed by atoms with Gasteiger partial charge in [-0.3, -0.25) is 4.90 Å². The molecule has 3 heteroatoms. The molecule has 5 rings (SSSR count). The summed E-state index contributed by atoms with van der Waals surface area (Å²) in [6.45, 7) is 3.97. The highest BCUT2D eigenvalue weighted by atomic mass is 15.3. The fourth-order valence-corrected chi connectivity index (χ4v) is 6.05. The van der Waals surface area contributed by atoms with Gasteiger partial charge in [0.15, 0.2) is 0 Å². The number of piperidine rings is 4. The summed E-state index contributed by atoms with van der Waals surface area (Å²) in [5.74, 6) is 3.14. The molecule has 3 nitrogen and oxygen atoms in total. The summed E-state index contributed by atoms with van der Waals surface area (Å²) in [6.07, 6.45) is 9.55. The monoisotopic (exact) mass is 323 g/mol. The van der Waals surface area contributed by atoms with Gasteiger partial charge in [0, 0.05) is 25.0 Å². The number of hydrogen-bond acceptors (Lipinski definition) is 2. The van der Waals surface area contributed by atoms with E-state index in [1.165, 1.54) is 70.4 Å². The number of benzene rings is 1. The van der Waals surface area contributed by atoms with Crippen LogP contribution in [0.3, 0.4) is 0 Å². The molecular formula is C21H29N3. The van der Waals surface area contributed by atoms with Gasteiger partial charge in [0.05, 0.1) is 5.69 Å². The Balaban J connectivity index is 1.47. The van der Waals surface area contributed by atoms with Gasteiger partial charge in [0.2, 0.25) is 0 Å². The summed E-state index contributed by atoms with van der Waals surface area (Å²) < 4.78 is 0. The molecule has 0 bridgehead atoms. The Kier molecular flexibility index (Phi) is 3.85. The Bertz CT molecular complexity index is 609. The minimum atomic E-state index is 0.753. The number of nitrogens with zero attached hydrogens (tertiary/aromatic N) is 3. The van der Waals surface area contributed by atoms with Crippen molar-refractivity contribution in [3.8, 4) is 0 Å². The number of hydrogen-bond donors (Lipinski definition) is 0. The van der Waals surface area contributed by atoms with Crippen LogP contribution in [0.15, 0.2) is 35.3 Å². The van der Waals surface area contributed by atoms with Crippen LogP contribution >= 0.6 is 0 Å². The summed E-state index contributed by atoms with van der Waals surface area (Å²) in [6, 6.07) is 12.2. The van der Waals surface area contributed by atoms with Crippen molar-refractivity contribution in [2.24, 2.45) is 16.8 Å². The molecule has 1 aromatic carbocycles. The Morgan fingerprint density at radius 2 is 1.75 bits per heavy atom. The van der Waals surface area contributed by atoms with Crippen molar-refractivity contribution in [2.45, 2.75) is 57.0 Å². The lowest BCUT2D eigenvalue weighted by atomic mass is 9.68. The van der Waals surface area contributed by atoms with E-state index in [0.29, 0.717) is 0 Å². The summed E-state index contributed by atoms with van der Waals surface area (Å²) >= 11 is 0. The van der Waals surface area contributed by atoms with Crippen LogP contribution in [0.5, 0.6) is 0 Å². The lowest BCUT2D eigenvalue weighted by Crippen LogP contribution is -2.66. The average molecular weight is 323 g/mol. The zero-order valence-corrected chi connectivity index (χ0v) is 14.6. The fourth-order valence-electron chi connectivity index (χ4n) is 6.05. The topological polar surface area (TPSA) is 18.8 Å². The standard InChI is InChI=1S/C21H29N3/c1-2-8-17(9-3-1)22-20-12-4-11-19-18-10-6-14-23-13-5-7-16(21(18)23)15-24(19)20/h1-3,8-9,16,18-19,21H,4-7,10-15H2/t16-,18-,19-,21+/m1/s1. The molecule has 0 amide bonds. The second-order valence-electron chi connectivity index (χ2n) is 8.21. The van der Waals surface area contributed by atoms with Crippen molar-refractivity contribution in [2.75, 3.05) is 19.6 Å². The van der Waals surface area contributed by atoms with E-state index in [4.69, 9.17) is 4.99 Å². The van der Waals surface area contributed by atoms with Gasteiger partial charge in [-0.05, 0) is 75.6 Å². The van der Waals surface area contributed by atoms with Gasteiger partial charge in [-0.2, -0.15) is 0 Å². The average Bonchev–Trinajstić information content (AvgIpc) is 2.64. The van der Waals surface area contributed by atoms with Crippen LogP contribution < -0.4 is 0 Å². The Morgan fingerprint density at radius 1 is 0.917 bits per heavy atom. The largest absolute Gasteiger partial charge is 0.356 e. The molecule has 0 aliphatic carbocycles. The maximum absolute atomic E-state index is 5.07. The molecule has 4 aliphatic rings. The van der Waals surface area contributed by atoms with Crippen LogP contribution in [-0.2, 0) is 0 Å². The zero-order chi connectivity index (χ0) is 15.9. The van der Waals surface area contributed by atoms with Crippen molar-refractivity contribution < 1.29 is 0 Å². The van der Waals surface area contributed by atoms with Crippen molar-refractivity contribution in [1.82, 2.24) is 9.80 Å². The minimum absolute atomic E-state index is 0.753. The van der Waals surface area contributed by atoms with Gasteiger partial charge < -0.3 is 4.90 Å². The molecule has 0 saturated carbocycles. The molecule has 0 radical (unpaired) electrons. The molecule has 0 unspecified atom stereocenters. The van der Waals surface area contributed by atoms with E-state index < -0.39 is 0 Å². The predicted octanol–water partition coefficient (Wildman–Crippen LogP) is 4.08. The first-order valence-corrected chi connectivity index (χ1v) is 10.0. The van der Waals surface area contributed by atoms with Gasteiger partial charge in [0.25, 0.3) is 0 Å². The highest BCUT2D eigenvalue weighted by Crippen LogP contribution is 2.45. The third kappa shape index (κ3) is 2.48. The molecular weight excluding hydrogens is 294 g/mol. The van der Waals surface area contributed by atoms with E-state index in [1.54, 1.807) is 0 Å². The number of fused-ring (bicyclic) bond motifs is 2. The van der Waals surface area contributed by atoms with E-state index in [1.807, 2.05) is 0 Å². The number of para-hydroxylation sites is 1. The van der Waals surface area contributed by atoms with Gasteiger partial charge in [-0.15, -0.1) is 0 Å². The molecule has 128 valence electrons. The molecule has 1 aromatic rings. The van der Waals surface area contributed by atoms with E-state index in [0.717, 1.165) is 29.6 Å². The SMILES string of the molecule is c1ccc(N=C2CCC[C@@H]3[C@H]4CCCN5CCC[C@H](CN23)[C@@H]45)cc1. The highest BCUT2D eigenvalue weighted by molar-refractivity contribution is 5.86. The zero-order valence-electron chi connectivity index (χ0n) is 14.6. The van der Waals surface area contributed by atoms with Crippen molar-refractivity contribution in [3.63, 3.8) is 0 Å². The highest BCUT2D eigenvalue weighted by Gasteiger charge is 2.49. The van der Waals surface area contributed by atoms with E-state index in [-0.39, 0.29) is 0 Å². The van der Waals surface area contributed by atoms with E-state index in [9.17, 15) is 0 Å². The Hall–Kier alpha value is -1.35. The van der Waals surface area contributed by atoms with Crippen LogP contribution in [0.1, 0.15) is 44.9 Å². The minimum Gasteiger partial charge on any atom is -0.356 e. The molecule has 0 aromatic heterocycles. The maximum atomic E-state index is 5.07. The lowest BCUT2D eigenvalue weighted by molar-refractivity contribution is -0.0604. The summed E-state index contributed by atoms with van der Waals surface area (Å²) in [4.78, 5) is 10.7. The Morgan fingerprint density at radius 3 is 2.62 bits per heavy atom. The number of aliphatic imine (C=N–C) groups is 1. The molecule has 24 heavy (non-hydrogen) atoms. The summed E-state index contributed by atoms with van der Waals surface area (Å²) in [5, 5.41) is 0. The molecule has 4 fully saturated rings. The third-order valence-electron chi connectivity index (χ3n) is 6.92. The third-order valence-corrected chi connectivity index (χ3v) is 6.92. The van der Waals surface area contributed by atoms with Crippen molar-refractivity contribution in [1.29, 1.82) is 0 Å². The first-order chi connectivity index (χ1) is 11.9. The Labute approximate surface area is 145 Å². The smallest absolute Gasteiger partial charge is 0.105 e. The van der Waals surface area contributed by atoms with Gasteiger partial charge in [-0.25, -0.2) is 4.99 Å². The van der Waals surface area contributed by atoms with Crippen LogP contribution in [-0.4, -0.2) is 47.4 Å². The summed E-state index contributed by atoms with van der Waals surface area (Å²) in [5.41, 5.74) is 1.13. The molecule has 0 spiro atoms. The predicted molar refractivity (Wildman–Crippen MR) is 98.7 cm³/mol. The first kappa shape index (κ1) is 14.9. The first-order valence-electron chi connectivity index (χ1n) is 10.0. The van der Waals surface area contributed by atoms with Crippen LogP contribution in [0, 0.1) is 11.8 Å². The van der Waals surface area contributed by atoms with E-state index >= 15 is 0 Å². The molecule has 4 heterocycles. The van der Waals surface area contributed by atoms with Gasteiger partial charge in [-0.1, -0.05) is 18.2 Å². The lowest BCUT2D eigenvalue weighted by Gasteiger charge is -2.59. The number of rotatable bonds is 1. The maximum Gasteiger partial charge on any atom is 0.105 e. The van der Waals surface area contributed by atoms with Crippen molar-refractivity contribution >= 4 is 11.5 Å². The molecule has 4 saturated heterocycles. The molecule has 4 atom stereocenters. The van der Waals surface area contributed by atoms with Crippen LogP contribution in [0.4, 0.5) is 5.69 Å². The van der Waals surface area contributed by atoms with Crippen LogP contribution in [0.25, 0.3) is 0 Å². The van der Waals surface area contributed by atoms with Gasteiger partial charge >= 0.3 is 0 Å².